The normalized spacial score (nSPS) is 10.6. The van der Waals surface area contributed by atoms with Crippen molar-refractivity contribution in [2.75, 3.05) is 7.11 Å². The van der Waals surface area contributed by atoms with Crippen molar-refractivity contribution in [2.24, 2.45) is 0 Å². The molecule has 0 aliphatic carbocycles. The second kappa shape index (κ2) is 3.98. The molecule has 1 heterocycles. The molecule has 0 saturated carbocycles. The Bertz CT molecular complexity index is 577. The Morgan fingerprint density at radius 3 is 2.67 bits per heavy atom. The van der Waals surface area contributed by atoms with E-state index in [4.69, 9.17) is 4.74 Å². The van der Waals surface area contributed by atoms with Gasteiger partial charge in [-0.05, 0) is 34.1 Å². The van der Waals surface area contributed by atoms with Gasteiger partial charge in [0.25, 0.3) is 5.56 Å². The lowest BCUT2D eigenvalue weighted by Gasteiger charge is -2.04. The fourth-order valence-corrected chi connectivity index (χ4v) is 2.73. The lowest BCUT2D eigenvalue weighted by atomic mass is 10.2. The molecule has 78 valence electrons. The third-order valence-electron chi connectivity index (χ3n) is 2.05. The van der Waals surface area contributed by atoms with Gasteiger partial charge in [0, 0.05) is 14.3 Å². The van der Waals surface area contributed by atoms with Gasteiger partial charge in [0.15, 0.2) is 5.75 Å². The number of halogens is 2. The molecular formula is C10H7Br2NO2. The molecule has 2 aromatic rings. The Balaban J connectivity index is 2.87. The maximum atomic E-state index is 11.5. The quantitative estimate of drug-likeness (QED) is 0.872. The molecule has 0 bridgehead atoms. The maximum absolute atomic E-state index is 11.5. The molecule has 0 aliphatic heterocycles. The molecule has 0 unspecified atom stereocenters. The monoisotopic (exact) mass is 331 g/mol. The summed E-state index contributed by atoms with van der Waals surface area (Å²) in [5.74, 6) is 0.313. The first-order valence-corrected chi connectivity index (χ1v) is 5.76. The van der Waals surface area contributed by atoms with Crippen molar-refractivity contribution in [1.82, 2.24) is 4.98 Å². The summed E-state index contributed by atoms with van der Waals surface area (Å²) in [6.07, 6.45) is 0. The molecule has 0 aliphatic rings. The molecule has 0 atom stereocenters. The van der Waals surface area contributed by atoms with Crippen molar-refractivity contribution in [2.45, 2.75) is 0 Å². The van der Waals surface area contributed by atoms with E-state index in [9.17, 15) is 4.79 Å². The summed E-state index contributed by atoms with van der Waals surface area (Å²) in [6, 6.07) is 5.51. The number of rotatable bonds is 1. The highest BCUT2D eigenvalue weighted by atomic mass is 79.9. The van der Waals surface area contributed by atoms with Crippen LogP contribution < -0.4 is 10.3 Å². The molecule has 0 amide bonds. The van der Waals surface area contributed by atoms with Gasteiger partial charge in [0.2, 0.25) is 0 Å². The zero-order chi connectivity index (χ0) is 11.0. The molecule has 0 radical (unpaired) electrons. The molecule has 0 fully saturated rings. The average Bonchev–Trinajstić information content (AvgIpc) is 2.18. The molecular weight excluding hydrogens is 326 g/mol. The van der Waals surface area contributed by atoms with Crippen LogP contribution >= 0.6 is 31.9 Å². The van der Waals surface area contributed by atoms with Gasteiger partial charge < -0.3 is 9.72 Å². The van der Waals surface area contributed by atoms with E-state index in [2.05, 4.69) is 36.8 Å². The maximum Gasteiger partial charge on any atom is 0.290 e. The largest absolute Gasteiger partial charge is 0.491 e. The van der Waals surface area contributed by atoms with E-state index in [0.717, 1.165) is 19.8 Å². The molecule has 1 aromatic carbocycles. The number of nitrogens with one attached hydrogen (secondary N) is 1. The van der Waals surface area contributed by atoms with Gasteiger partial charge in [0.1, 0.15) is 0 Å². The van der Waals surface area contributed by atoms with Crippen molar-refractivity contribution in [3.05, 3.63) is 37.5 Å². The van der Waals surface area contributed by atoms with Crippen molar-refractivity contribution < 1.29 is 4.74 Å². The highest BCUT2D eigenvalue weighted by Crippen LogP contribution is 2.27. The number of methoxy groups -OCH3 is 1. The zero-order valence-corrected chi connectivity index (χ0v) is 11.0. The Morgan fingerprint density at radius 2 is 2.00 bits per heavy atom. The minimum Gasteiger partial charge on any atom is -0.491 e. The lowest BCUT2D eigenvalue weighted by molar-refractivity contribution is 0.409. The molecule has 0 spiro atoms. The second-order valence-corrected chi connectivity index (χ2v) is 4.79. The van der Waals surface area contributed by atoms with E-state index in [1.165, 1.54) is 7.11 Å². The van der Waals surface area contributed by atoms with Gasteiger partial charge in [0.05, 0.1) is 12.6 Å². The molecule has 3 nitrogen and oxygen atoms in total. The first-order valence-electron chi connectivity index (χ1n) is 4.18. The molecule has 1 N–H and O–H groups in total. The van der Waals surface area contributed by atoms with Crippen LogP contribution in [0.1, 0.15) is 0 Å². The van der Waals surface area contributed by atoms with Crippen molar-refractivity contribution in [3.63, 3.8) is 0 Å². The number of aromatic amines is 1. The Morgan fingerprint density at radius 1 is 1.27 bits per heavy atom. The van der Waals surface area contributed by atoms with Crippen LogP contribution in [-0.2, 0) is 0 Å². The number of hydrogen-bond acceptors (Lipinski definition) is 2. The van der Waals surface area contributed by atoms with Crippen molar-refractivity contribution in [1.29, 1.82) is 0 Å². The summed E-state index contributed by atoms with van der Waals surface area (Å²) >= 11 is 6.77. The zero-order valence-electron chi connectivity index (χ0n) is 7.80. The first kappa shape index (κ1) is 10.7. The number of benzene rings is 1. The Kier molecular flexibility index (Phi) is 2.84. The van der Waals surface area contributed by atoms with Crippen molar-refractivity contribution >= 4 is 42.8 Å². The van der Waals surface area contributed by atoms with Crippen LogP contribution in [0.25, 0.3) is 10.9 Å². The van der Waals surface area contributed by atoms with Crippen LogP contribution in [0.2, 0.25) is 0 Å². The average molecular weight is 333 g/mol. The molecule has 5 heteroatoms. The number of pyridine rings is 1. The summed E-state index contributed by atoms with van der Waals surface area (Å²) in [5, 5.41) is 0.910. The van der Waals surface area contributed by atoms with Gasteiger partial charge in [-0.2, -0.15) is 0 Å². The van der Waals surface area contributed by atoms with E-state index in [-0.39, 0.29) is 5.56 Å². The second-order valence-electron chi connectivity index (χ2n) is 3.02. The topological polar surface area (TPSA) is 42.1 Å². The van der Waals surface area contributed by atoms with E-state index in [1.807, 2.05) is 12.1 Å². The fourth-order valence-electron chi connectivity index (χ4n) is 1.37. The molecule has 15 heavy (non-hydrogen) atoms. The summed E-state index contributed by atoms with van der Waals surface area (Å²) in [6.45, 7) is 0. The number of aromatic nitrogens is 1. The molecule has 1 aromatic heterocycles. The van der Waals surface area contributed by atoms with Crippen LogP contribution in [0.15, 0.2) is 31.9 Å². The third kappa shape index (κ3) is 1.94. The number of fused-ring (bicyclic) bond motifs is 1. The Hall–Kier alpha value is -0.810. The fraction of sp³-hybridized carbons (Fsp3) is 0.100. The number of H-pyrrole nitrogens is 1. The standard InChI is InChI=1S/C10H7Br2NO2/c1-15-8-3-5-2-6(11)4-7(12)9(5)13-10(8)14/h2-4H,1H3,(H,13,14). The smallest absolute Gasteiger partial charge is 0.290 e. The summed E-state index contributed by atoms with van der Waals surface area (Å²) in [7, 11) is 1.48. The van der Waals surface area contributed by atoms with Crippen LogP contribution in [0.3, 0.4) is 0 Å². The first-order chi connectivity index (χ1) is 7.11. The summed E-state index contributed by atoms with van der Waals surface area (Å²) < 4.78 is 6.74. The number of ether oxygens (including phenoxy) is 1. The highest BCUT2D eigenvalue weighted by Gasteiger charge is 2.06. The van der Waals surface area contributed by atoms with Gasteiger partial charge in [-0.1, -0.05) is 15.9 Å². The molecule has 2 rings (SSSR count). The van der Waals surface area contributed by atoms with Gasteiger partial charge in [-0.15, -0.1) is 0 Å². The van der Waals surface area contributed by atoms with Crippen LogP contribution in [0.4, 0.5) is 0 Å². The van der Waals surface area contributed by atoms with Gasteiger partial charge >= 0.3 is 0 Å². The SMILES string of the molecule is COc1cc2cc(Br)cc(Br)c2[nH]c1=O. The van der Waals surface area contributed by atoms with Gasteiger partial charge in [-0.25, -0.2) is 0 Å². The van der Waals surface area contributed by atoms with Crippen LogP contribution in [-0.4, -0.2) is 12.1 Å². The predicted octanol–water partition coefficient (Wildman–Crippen LogP) is 3.06. The highest BCUT2D eigenvalue weighted by molar-refractivity contribution is 9.11. The predicted molar refractivity (Wildman–Crippen MR) is 66.5 cm³/mol. The van der Waals surface area contributed by atoms with E-state index >= 15 is 0 Å². The molecule has 0 saturated heterocycles. The van der Waals surface area contributed by atoms with E-state index in [0.29, 0.717) is 5.75 Å². The van der Waals surface area contributed by atoms with Crippen molar-refractivity contribution in [3.8, 4) is 5.75 Å². The minimum absolute atomic E-state index is 0.229. The summed E-state index contributed by atoms with van der Waals surface area (Å²) in [5.41, 5.74) is 0.539. The van der Waals surface area contributed by atoms with Gasteiger partial charge in [-0.3, -0.25) is 4.79 Å². The summed E-state index contributed by atoms with van der Waals surface area (Å²) in [4.78, 5) is 14.2. The third-order valence-corrected chi connectivity index (χ3v) is 3.14. The van der Waals surface area contributed by atoms with Crippen LogP contribution in [0, 0.1) is 0 Å². The lowest BCUT2D eigenvalue weighted by Crippen LogP contribution is -2.08. The van der Waals surface area contributed by atoms with E-state index < -0.39 is 0 Å². The minimum atomic E-state index is -0.229. The Labute approximate surface area is 103 Å². The van der Waals surface area contributed by atoms with E-state index in [1.54, 1.807) is 6.07 Å². The van der Waals surface area contributed by atoms with Crippen LogP contribution in [0.5, 0.6) is 5.75 Å². The number of hydrogen-bond donors (Lipinski definition) is 1.